The van der Waals surface area contributed by atoms with Crippen LogP contribution in [0.2, 0.25) is 0 Å². The Bertz CT molecular complexity index is 1120. The predicted molar refractivity (Wildman–Crippen MR) is 126 cm³/mol. The molecule has 1 atom stereocenters. The van der Waals surface area contributed by atoms with Crippen LogP contribution in [0, 0.1) is 6.92 Å². The van der Waals surface area contributed by atoms with E-state index in [-0.39, 0.29) is 24.5 Å². The Morgan fingerprint density at radius 3 is 2.80 bits per heavy atom. The Morgan fingerprint density at radius 2 is 2.11 bits per heavy atom. The molecule has 35 heavy (non-hydrogen) atoms. The van der Waals surface area contributed by atoms with E-state index in [0.29, 0.717) is 52.8 Å². The van der Waals surface area contributed by atoms with Crippen molar-refractivity contribution in [2.45, 2.75) is 59.1 Å². The zero-order chi connectivity index (χ0) is 25.6. The highest BCUT2D eigenvalue weighted by molar-refractivity contribution is 5.79. The van der Waals surface area contributed by atoms with E-state index in [1.807, 2.05) is 27.7 Å². The van der Waals surface area contributed by atoms with Gasteiger partial charge in [-0.05, 0) is 59.6 Å². The number of nitrogens with zero attached hydrogens (tertiary/aromatic N) is 5. The molecule has 0 saturated carbocycles. The fraction of sp³-hybridized carbons (Fsp3) is 0.542. The van der Waals surface area contributed by atoms with Crippen molar-refractivity contribution in [1.29, 1.82) is 0 Å². The molecule has 2 aromatic rings. The van der Waals surface area contributed by atoms with Crippen LogP contribution in [0.15, 0.2) is 23.2 Å². The largest absolute Gasteiger partial charge is 0.467 e. The van der Waals surface area contributed by atoms with Crippen LogP contribution >= 0.6 is 0 Å². The number of carbonyl (C=O) groups is 2. The third-order valence-electron chi connectivity index (χ3n) is 5.23. The van der Waals surface area contributed by atoms with Gasteiger partial charge in [-0.25, -0.2) is 14.8 Å². The number of aromatic nitrogens is 3. The average molecular weight is 488 g/mol. The molecule has 1 aliphatic rings. The minimum Gasteiger partial charge on any atom is -0.467 e. The van der Waals surface area contributed by atoms with Crippen LogP contribution in [0.1, 0.15) is 56.6 Å². The molecule has 0 unspecified atom stereocenters. The highest BCUT2D eigenvalue weighted by Gasteiger charge is 2.27. The molecule has 0 radical (unpaired) electrons. The molecule has 2 heterocycles. The minimum absolute atomic E-state index is 0.000652. The zero-order valence-corrected chi connectivity index (χ0v) is 20.9. The first-order valence-electron chi connectivity index (χ1n) is 11.6. The maximum absolute atomic E-state index is 12.4. The van der Waals surface area contributed by atoms with Gasteiger partial charge in [0.05, 0.1) is 11.7 Å². The lowest BCUT2D eigenvalue weighted by atomic mass is 10.1. The summed E-state index contributed by atoms with van der Waals surface area (Å²) < 4.78 is 16.4. The van der Waals surface area contributed by atoms with Gasteiger partial charge in [0.1, 0.15) is 23.3 Å². The summed E-state index contributed by atoms with van der Waals surface area (Å²) in [5.74, 6) is 0.380. The summed E-state index contributed by atoms with van der Waals surface area (Å²) >= 11 is 0. The molecule has 11 heteroatoms. The van der Waals surface area contributed by atoms with Crippen molar-refractivity contribution in [2.24, 2.45) is 4.99 Å². The number of rotatable bonds is 7. The molecule has 1 fully saturated rings. The molecule has 11 nitrogen and oxygen atoms in total. The monoisotopic (exact) mass is 487 g/mol. The predicted octanol–water partition coefficient (Wildman–Crippen LogP) is 2.98. The molecule has 1 aromatic carbocycles. The SMILES string of the molecule is CCOCOc1cc(C=O)ccc1-c1nn(O)c(=N[C@@H]2CCCN(C(=O)OC(C)(C)C)C2)nc1C. The maximum Gasteiger partial charge on any atom is 0.410 e. The number of amides is 1. The Hall–Kier alpha value is -3.47. The summed E-state index contributed by atoms with van der Waals surface area (Å²) in [4.78, 5) is 34.9. The zero-order valence-electron chi connectivity index (χ0n) is 20.9. The number of hydrogen-bond acceptors (Lipinski definition) is 9. The van der Waals surface area contributed by atoms with Gasteiger partial charge in [0.2, 0.25) is 0 Å². The van der Waals surface area contributed by atoms with Crippen molar-refractivity contribution in [1.82, 2.24) is 19.8 Å². The van der Waals surface area contributed by atoms with Crippen molar-refractivity contribution in [3.63, 3.8) is 0 Å². The molecule has 1 N–H and O–H groups in total. The van der Waals surface area contributed by atoms with Gasteiger partial charge < -0.3 is 24.3 Å². The highest BCUT2D eigenvalue weighted by Crippen LogP contribution is 2.30. The van der Waals surface area contributed by atoms with Crippen LogP contribution in [0.25, 0.3) is 11.3 Å². The van der Waals surface area contributed by atoms with E-state index >= 15 is 0 Å². The van der Waals surface area contributed by atoms with Crippen molar-refractivity contribution in [2.75, 3.05) is 26.5 Å². The fourth-order valence-corrected chi connectivity index (χ4v) is 3.62. The number of piperidine rings is 1. The standard InChI is InChI=1S/C24H33N5O6/c1-6-33-15-34-20-12-17(14-30)9-10-19(20)21-16(2)25-22(29(32)27-21)26-18-8-7-11-28(13-18)23(31)35-24(3,4)5/h9-10,12,14,18,32H,6-8,11,13,15H2,1-5H3/t18-/m1/s1. The number of carbonyl (C=O) groups excluding carboxylic acids is 2. The number of benzene rings is 1. The van der Waals surface area contributed by atoms with E-state index in [0.717, 1.165) is 19.1 Å². The Morgan fingerprint density at radius 1 is 1.34 bits per heavy atom. The van der Waals surface area contributed by atoms with Gasteiger partial charge in [0.25, 0.3) is 5.62 Å². The molecule has 0 spiro atoms. The van der Waals surface area contributed by atoms with Crippen LogP contribution in [-0.4, -0.2) is 75.5 Å². The van der Waals surface area contributed by atoms with Crippen molar-refractivity contribution in [3.05, 3.63) is 35.1 Å². The molecule has 1 aromatic heterocycles. The van der Waals surface area contributed by atoms with Gasteiger partial charge >= 0.3 is 6.09 Å². The minimum atomic E-state index is -0.580. The summed E-state index contributed by atoms with van der Waals surface area (Å²) in [6.45, 7) is 10.5. The van der Waals surface area contributed by atoms with Gasteiger partial charge in [-0.1, -0.05) is 10.9 Å². The lowest BCUT2D eigenvalue weighted by molar-refractivity contribution is 0.0198. The summed E-state index contributed by atoms with van der Waals surface area (Å²) in [5, 5.41) is 14.8. The molecular weight excluding hydrogens is 454 g/mol. The van der Waals surface area contributed by atoms with E-state index in [4.69, 9.17) is 14.2 Å². The molecular formula is C24H33N5O6. The van der Waals surface area contributed by atoms with Gasteiger partial charge in [-0.2, -0.15) is 0 Å². The number of likely N-dealkylation sites (tertiary alicyclic amines) is 1. The fourth-order valence-electron chi connectivity index (χ4n) is 3.62. The van der Waals surface area contributed by atoms with Crippen molar-refractivity contribution >= 4 is 12.4 Å². The molecule has 0 bridgehead atoms. The summed E-state index contributed by atoms with van der Waals surface area (Å²) in [7, 11) is 0. The Balaban J connectivity index is 1.88. The van der Waals surface area contributed by atoms with E-state index in [2.05, 4.69) is 15.1 Å². The molecule has 0 aliphatic carbocycles. The average Bonchev–Trinajstić information content (AvgIpc) is 2.80. The van der Waals surface area contributed by atoms with Crippen LogP contribution in [0.4, 0.5) is 4.79 Å². The quantitative estimate of drug-likeness (QED) is 0.273. The topological polar surface area (TPSA) is 128 Å². The number of aldehydes is 1. The van der Waals surface area contributed by atoms with Gasteiger partial charge in [0.15, 0.2) is 6.79 Å². The second kappa shape index (κ2) is 11.3. The first-order valence-corrected chi connectivity index (χ1v) is 11.6. The molecule has 1 aliphatic heterocycles. The lowest BCUT2D eigenvalue weighted by Gasteiger charge is -2.32. The summed E-state index contributed by atoms with van der Waals surface area (Å²) in [6, 6.07) is 4.63. The second-order valence-corrected chi connectivity index (χ2v) is 9.22. The first kappa shape index (κ1) is 26.1. The van der Waals surface area contributed by atoms with Crippen LogP contribution in [0.3, 0.4) is 0 Å². The summed E-state index contributed by atoms with van der Waals surface area (Å²) in [5.41, 5.74) is 1.31. The van der Waals surface area contributed by atoms with Crippen LogP contribution < -0.4 is 10.4 Å². The van der Waals surface area contributed by atoms with Crippen molar-refractivity contribution < 1.29 is 29.0 Å². The van der Waals surface area contributed by atoms with Gasteiger partial charge in [-0.15, -0.1) is 5.10 Å². The van der Waals surface area contributed by atoms with Crippen LogP contribution in [0.5, 0.6) is 5.75 Å². The molecule has 190 valence electrons. The van der Waals surface area contributed by atoms with E-state index in [1.54, 1.807) is 30.0 Å². The van der Waals surface area contributed by atoms with E-state index in [9.17, 15) is 14.8 Å². The maximum atomic E-state index is 12.4. The molecule has 1 saturated heterocycles. The second-order valence-electron chi connectivity index (χ2n) is 9.22. The van der Waals surface area contributed by atoms with Gasteiger partial charge in [-0.3, -0.25) is 4.79 Å². The normalized spacial score (nSPS) is 16.8. The molecule has 1 amide bonds. The number of ether oxygens (including phenoxy) is 3. The Kier molecular flexibility index (Phi) is 8.44. The lowest BCUT2D eigenvalue weighted by Crippen LogP contribution is -2.45. The summed E-state index contributed by atoms with van der Waals surface area (Å²) in [6.07, 6.45) is 1.83. The van der Waals surface area contributed by atoms with Crippen LogP contribution in [-0.2, 0) is 9.47 Å². The third kappa shape index (κ3) is 7.01. The highest BCUT2D eigenvalue weighted by atomic mass is 16.7. The Labute approximate surface area is 204 Å². The van der Waals surface area contributed by atoms with E-state index < -0.39 is 5.60 Å². The molecule has 3 rings (SSSR count). The smallest absolute Gasteiger partial charge is 0.410 e. The number of hydrogen-bond donors (Lipinski definition) is 1. The first-order chi connectivity index (χ1) is 16.6. The third-order valence-corrected chi connectivity index (χ3v) is 5.23. The number of aryl methyl sites for hydroxylation is 1. The van der Waals surface area contributed by atoms with E-state index in [1.165, 1.54) is 0 Å². The van der Waals surface area contributed by atoms with Gasteiger partial charge in [0, 0.05) is 30.8 Å². The van der Waals surface area contributed by atoms with Crippen molar-refractivity contribution in [3.8, 4) is 17.0 Å².